The van der Waals surface area contributed by atoms with E-state index in [9.17, 15) is 22.8 Å². The van der Waals surface area contributed by atoms with E-state index in [1.165, 1.54) is 24.4 Å². The molecule has 0 aliphatic rings. The summed E-state index contributed by atoms with van der Waals surface area (Å²) in [5.74, 6) is -0.253. The largest absolute Gasteiger partial charge is 0.416 e. The lowest BCUT2D eigenvalue weighted by Gasteiger charge is -2.12. The van der Waals surface area contributed by atoms with Crippen molar-refractivity contribution in [1.82, 2.24) is 15.0 Å². The van der Waals surface area contributed by atoms with E-state index in [1.54, 1.807) is 26.0 Å². The molecular formula is C24H18ClF3N6O2S. The zero-order valence-corrected chi connectivity index (χ0v) is 20.8. The molecule has 0 aliphatic heterocycles. The van der Waals surface area contributed by atoms with Gasteiger partial charge in [-0.1, -0.05) is 35.1 Å². The van der Waals surface area contributed by atoms with Gasteiger partial charge in [0.05, 0.1) is 11.8 Å². The van der Waals surface area contributed by atoms with Gasteiger partial charge in [-0.25, -0.2) is 15.0 Å². The number of thiazole rings is 1. The van der Waals surface area contributed by atoms with E-state index in [4.69, 9.17) is 11.6 Å². The molecule has 3 N–H and O–H groups in total. The van der Waals surface area contributed by atoms with Crippen LogP contribution in [0.4, 0.5) is 35.5 Å². The lowest BCUT2D eigenvalue weighted by Crippen LogP contribution is -2.15. The first kappa shape index (κ1) is 26.0. The van der Waals surface area contributed by atoms with Crippen molar-refractivity contribution in [3.8, 4) is 0 Å². The Morgan fingerprint density at radius 3 is 2.49 bits per heavy atom. The van der Waals surface area contributed by atoms with Crippen LogP contribution in [-0.2, 0) is 6.18 Å². The predicted molar refractivity (Wildman–Crippen MR) is 136 cm³/mol. The highest BCUT2D eigenvalue weighted by molar-refractivity contribution is 7.17. The second-order valence-corrected chi connectivity index (χ2v) is 9.21. The minimum absolute atomic E-state index is 0.147. The van der Waals surface area contributed by atoms with Crippen LogP contribution in [0.5, 0.6) is 0 Å². The molecule has 0 saturated carbocycles. The molecule has 4 rings (SSSR count). The Labute approximate surface area is 217 Å². The van der Waals surface area contributed by atoms with E-state index >= 15 is 0 Å². The Morgan fingerprint density at radius 1 is 0.973 bits per heavy atom. The summed E-state index contributed by atoms with van der Waals surface area (Å²) in [5.41, 5.74) is 0.345. The van der Waals surface area contributed by atoms with Crippen LogP contribution in [0.3, 0.4) is 0 Å². The van der Waals surface area contributed by atoms with Gasteiger partial charge in [-0.3, -0.25) is 9.59 Å². The standard InChI is InChI=1S/C24H18ClF3N6O2S/c1-12-6-7-16(32-21(35)14-4-3-5-15(8-14)24(26,27)28)9-17(12)33-22(36)18-11-29-23(37-18)34-20-10-19(25)30-13(2)31-20/h3-11H,1-2H3,(H,32,35)(H,33,36)(H,29,30,31,34). The summed E-state index contributed by atoms with van der Waals surface area (Å²) in [6.07, 6.45) is -3.17. The van der Waals surface area contributed by atoms with E-state index in [0.717, 1.165) is 29.5 Å². The van der Waals surface area contributed by atoms with Crippen LogP contribution in [0, 0.1) is 13.8 Å². The number of aromatic nitrogens is 3. The highest BCUT2D eigenvalue weighted by Crippen LogP contribution is 2.30. The van der Waals surface area contributed by atoms with Gasteiger partial charge in [0.25, 0.3) is 11.8 Å². The molecule has 0 aliphatic carbocycles. The van der Waals surface area contributed by atoms with Crippen molar-refractivity contribution < 1.29 is 22.8 Å². The highest BCUT2D eigenvalue weighted by atomic mass is 35.5. The van der Waals surface area contributed by atoms with Crippen LogP contribution in [0.1, 0.15) is 37.0 Å². The van der Waals surface area contributed by atoms with E-state index in [0.29, 0.717) is 38.6 Å². The number of rotatable bonds is 6. The molecule has 2 amide bonds. The number of aryl methyl sites for hydroxylation is 2. The number of carbonyl (C=O) groups excluding carboxylic acids is 2. The fraction of sp³-hybridized carbons (Fsp3) is 0.125. The summed E-state index contributed by atoms with van der Waals surface area (Å²) < 4.78 is 38.9. The summed E-state index contributed by atoms with van der Waals surface area (Å²) in [5, 5.41) is 8.97. The summed E-state index contributed by atoms with van der Waals surface area (Å²) in [4.78, 5) is 38.0. The third-order valence-electron chi connectivity index (χ3n) is 4.97. The quantitative estimate of drug-likeness (QED) is 0.239. The lowest BCUT2D eigenvalue weighted by atomic mass is 10.1. The Balaban J connectivity index is 1.45. The average molecular weight is 547 g/mol. The Kier molecular flexibility index (Phi) is 7.41. The first-order valence-electron chi connectivity index (χ1n) is 10.6. The van der Waals surface area contributed by atoms with Crippen LogP contribution in [-0.4, -0.2) is 26.8 Å². The van der Waals surface area contributed by atoms with Gasteiger partial charge in [-0.05, 0) is 49.7 Å². The number of nitrogens with one attached hydrogen (secondary N) is 3. The molecule has 2 heterocycles. The minimum Gasteiger partial charge on any atom is -0.322 e. The number of alkyl halides is 3. The molecule has 13 heteroatoms. The monoisotopic (exact) mass is 546 g/mol. The van der Waals surface area contributed by atoms with Crippen molar-refractivity contribution in [2.75, 3.05) is 16.0 Å². The van der Waals surface area contributed by atoms with Gasteiger partial charge in [0, 0.05) is 23.0 Å². The van der Waals surface area contributed by atoms with E-state index in [2.05, 4.69) is 30.9 Å². The molecule has 2 aromatic carbocycles. The second-order valence-electron chi connectivity index (χ2n) is 7.79. The third-order valence-corrected chi connectivity index (χ3v) is 6.07. The molecule has 4 aromatic rings. The van der Waals surface area contributed by atoms with Crippen molar-refractivity contribution in [1.29, 1.82) is 0 Å². The van der Waals surface area contributed by atoms with E-state index in [1.807, 2.05) is 0 Å². The molecule has 0 spiro atoms. The van der Waals surface area contributed by atoms with Gasteiger partial charge in [0.2, 0.25) is 0 Å². The third kappa shape index (κ3) is 6.60. The summed E-state index contributed by atoms with van der Waals surface area (Å²) in [6.45, 7) is 3.45. The Hall–Kier alpha value is -4.03. The maximum absolute atomic E-state index is 13.0. The molecule has 0 unspecified atom stereocenters. The molecule has 0 atom stereocenters. The smallest absolute Gasteiger partial charge is 0.322 e. The molecule has 37 heavy (non-hydrogen) atoms. The highest BCUT2D eigenvalue weighted by Gasteiger charge is 2.31. The number of benzene rings is 2. The molecule has 190 valence electrons. The van der Waals surface area contributed by atoms with Crippen LogP contribution in [0.2, 0.25) is 5.15 Å². The SMILES string of the molecule is Cc1nc(Cl)cc(Nc2ncc(C(=O)Nc3cc(NC(=O)c4cccc(C(F)(F)F)c4)ccc3C)s2)n1. The summed E-state index contributed by atoms with van der Waals surface area (Å²) in [7, 11) is 0. The zero-order chi connectivity index (χ0) is 26.7. The number of hydrogen-bond donors (Lipinski definition) is 3. The first-order chi connectivity index (χ1) is 17.5. The van der Waals surface area contributed by atoms with Gasteiger partial charge in [-0.2, -0.15) is 13.2 Å². The van der Waals surface area contributed by atoms with Crippen LogP contribution in [0.15, 0.2) is 54.7 Å². The molecule has 2 aromatic heterocycles. The normalized spacial score (nSPS) is 11.2. The molecular weight excluding hydrogens is 529 g/mol. The van der Waals surface area contributed by atoms with Crippen molar-refractivity contribution in [2.45, 2.75) is 20.0 Å². The topological polar surface area (TPSA) is 109 Å². The fourth-order valence-electron chi connectivity index (χ4n) is 3.20. The minimum atomic E-state index is -4.57. The van der Waals surface area contributed by atoms with E-state index in [-0.39, 0.29) is 10.7 Å². The fourth-order valence-corrected chi connectivity index (χ4v) is 4.14. The molecule has 0 saturated heterocycles. The van der Waals surface area contributed by atoms with Gasteiger partial charge in [-0.15, -0.1) is 0 Å². The van der Waals surface area contributed by atoms with Gasteiger partial charge < -0.3 is 16.0 Å². The van der Waals surface area contributed by atoms with Gasteiger partial charge in [0.1, 0.15) is 21.7 Å². The van der Waals surface area contributed by atoms with Gasteiger partial charge in [0.15, 0.2) is 5.13 Å². The number of hydrogen-bond acceptors (Lipinski definition) is 7. The van der Waals surface area contributed by atoms with Crippen LogP contribution >= 0.6 is 22.9 Å². The van der Waals surface area contributed by atoms with Crippen LogP contribution in [0.25, 0.3) is 0 Å². The van der Waals surface area contributed by atoms with Crippen molar-refractivity contribution in [3.63, 3.8) is 0 Å². The molecule has 8 nitrogen and oxygen atoms in total. The maximum atomic E-state index is 13.0. The van der Waals surface area contributed by atoms with Gasteiger partial charge >= 0.3 is 6.18 Å². The maximum Gasteiger partial charge on any atom is 0.416 e. The predicted octanol–water partition coefficient (Wildman–Crippen LogP) is 6.47. The summed E-state index contributed by atoms with van der Waals surface area (Å²) in [6, 6.07) is 10.4. The van der Waals surface area contributed by atoms with Crippen molar-refractivity contribution >= 4 is 57.1 Å². The molecule has 0 bridgehead atoms. The number of nitrogens with zero attached hydrogens (tertiary/aromatic N) is 3. The number of anilines is 4. The van der Waals surface area contributed by atoms with E-state index < -0.39 is 23.6 Å². The Bertz CT molecular complexity index is 1470. The van der Waals surface area contributed by atoms with Crippen molar-refractivity contribution in [3.05, 3.63) is 87.3 Å². The molecule has 0 radical (unpaired) electrons. The summed E-state index contributed by atoms with van der Waals surface area (Å²) >= 11 is 7.03. The van der Waals surface area contributed by atoms with Crippen molar-refractivity contribution in [2.24, 2.45) is 0 Å². The number of carbonyl (C=O) groups is 2. The Morgan fingerprint density at radius 2 is 1.76 bits per heavy atom. The second kappa shape index (κ2) is 10.5. The average Bonchev–Trinajstić information content (AvgIpc) is 3.28. The first-order valence-corrected chi connectivity index (χ1v) is 11.8. The van der Waals surface area contributed by atoms with Crippen LogP contribution < -0.4 is 16.0 Å². The number of amides is 2. The number of halogens is 4. The molecule has 0 fully saturated rings. The zero-order valence-electron chi connectivity index (χ0n) is 19.3. The lowest BCUT2D eigenvalue weighted by molar-refractivity contribution is -0.137.